The molecule has 2 rings (SSSR count). The summed E-state index contributed by atoms with van der Waals surface area (Å²) in [5, 5.41) is 6.70. The summed E-state index contributed by atoms with van der Waals surface area (Å²) in [6.07, 6.45) is 6.08. The van der Waals surface area contributed by atoms with Crippen molar-refractivity contribution < 1.29 is 9.53 Å². The Hall–Kier alpha value is -1.11. The number of aryl methyl sites for hydroxylation is 1. The smallest absolute Gasteiger partial charge is 0.241 e. The molecule has 2 heterocycles. The fourth-order valence-corrected chi connectivity index (χ4v) is 1.94. The molecule has 1 aromatic rings. The Morgan fingerprint density at radius 2 is 2.56 bits per heavy atom. The van der Waals surface area contributed by atoms with E-state index in [4.69, 9.17) is 10.5 Å². The van der Waals surface area contributed by atoms with Gasteiger partial charge in [0.15, 0.2) is 0 Å². The van der Waals surface area contributed by atoms with E-state index in [9.17, 15) is 4.79 Å². The molecule has 1 amide bonds. The lowest BCUT2D eigenvalue weighted by Gasteiger charge is -2.15. The third-order valence-electron chi connectivity index (χ3n) is 2.85. The maximum atomic E-state index is 11.8. The lowest BCUT2D eigenvalue weighted by Crippen LogP contribution is -2.38. The summed E-state index contributed by atoms with van der Waals surface area (Å²) in [6, 6.07) is -0.529. The summed E-state index contributed by atoms with van der Waals surface area (Å²) >= 11 is 0. The highest BCUT2D eigenvalue weighted by Gasteiger charge is 2.23. The van der Waals surface area contributed by atoms with E-state index in [1.54, 1.807) is 24.1 Å². The largest absolute Gasteiger partial charge is 0.378 e. The molecule has 18 heavy (non-hydrogen) atoms. The minimum atomic E-state index is -0.529. The summed E-state index contributed by atoms with van der Waals surface area (Å²) < 4.78 is 7.08. The zero-order chi connectivity index (χ0) is 12.3. The van der Waals surface area contributed by atoms with Crippen LogP contribution in [0.25, 0.3) is 0 Å². The number of nitrogens with two attached hydrogens (primary N) is 1. The van der Waals surface area contributed by atoms with Crippen LogP contribution in [0.4, 0.5) is 5.69 Å². The number of halogens is 1. The molecule has 1 saturated heterocycles. The van der Waals surface area contributed by atoms with Crippen LogP contribution < -0.4 is 11.1 Å². The van der Waals surface area contributed by atoms with E-state index in [1.165, 1.54) is 0 Å². The molecule has 102 valence electrons. The molecule has 7 heteroatoms. The zero-order valence-electron chi connectivity index (χ0n) is 10.3. The molecule has 2 atom stereocenters. The Labute approximate surface area is 112 Å². The van der Waals surface area contributed by atoms with Gasteiger partial charge in [-0.1, -0.05) is 0 Å². The van der Waals surface area contributed by atoms with Crippen LogP contribution in [0.15, 0.2) is 12.4 Å². The van der Waals surface area contributed by atoms with Gasteiger partial charge in [-0.3, -0.25) is 9.48 Å². The molecule has 0 saturated carbocycles. The summed E-state index contributed by atoms with van der Waals surface area (Å²) in [4.78, 5) is 11.8. The van der Waals surface area contributed by atoms with Crippen LogP contribution in [0.2, 0.25) is 0 Å². The van der Waals surface area contributed by atoms with Crippen molar-refractivity contribution in [3.63, 3.8) is 0 Å². The molecule has 0 aromatic carbocycles. The Balaban J connectivity index is 0.00000162. The predicted molar refractivity (Wildman–Crippen MR) is 70.7 cm³/mol. The fraction of sp³-hybridized carbons (Fsp3) is 0.636. The van der Waals surface area contributed by atoms with Crippen molar-refractivity contribution in [1.82, 2.24) is 9.78 Å². The number of carbonyl (C=O) groups excluding carboxylic acids is 1. The van der Waals surface area contributed by atoms with Crippen LogP contribution in [0.3, 0.4) is 0 Å². The molecular formula is C11H19ClN4O2. The highest BCUT2D eigenvalue weighted by molar-refractivity contribution is 5.94. The number of nitrogens with zero attached hydrogens (tertiary/aromatic N) is 2. The topological polar surface area (TPSA) is 82.2 Å². The highest BCUT2D eigenvalue weighted by Crippen LogP contribution is 2.17. The number of hydrogen-bond donors (Lipinski definition) is 2. The quantitative estimate of drug-likeness (QED) is 0.846. The molecule has 1 aromatic heterocycles. The Bertz CT molecular complexity index is 390. The van der Waals surface area contributed by atoms with Gasteiger partial charge in [0, 0.05) is 19.9 Å². The van der Waals surface area contributed by atoms with E-state index in [-0.39, 0.29) is 24.4 Å². The maximum absolute atomic E-state index is 11.8. The van der Waals surface area contributed by atoms with Crippen LogP contribution in [-0.4, -0.2) is 34.4 Å². The van der Waals surface area contributed by atoms with Gasteiger partial charge in [-0.15, -0.1) is 12.4 Å². The van der Waals surface area contributed by atoms with Crippen molar-refractivity contribution in [3.8, 4) is 0 Å². The molecule has 0 spiro atoms. The summed E-state index contributed by atoms with van der Waals surface area (Å²) in [6.45, 7) is 0.779. The highest BCUT2D eigenvalue weighted by atomic mass is 35.5. The monoisotopic (exact) mass is 274 g/mol. The Kier molecular flexibility index (Phi) is 5.58. The van der Waals surface area contributed by atoms with Gasteiger partial charge in [0.2, 0.25) is 5.91 Å². The Morgan fingerprint density at radius 1 is 1.78 bits per heavy atom. The summed E-state index contributed by atoms with van der Waals surface area (Å²) in [5.41, 5.74) is 6.50. The fourth-order valence-electron chi connectivity index (χ4n) is 1.94. The third-order valence-corrected chi connectivity index (χ3v) is 2.85. The Morgan fingerprint density at radius 3 is 3.11 bits per heavy atom. The molecule has 1 aliphatic heterocycles. The zero-order valence-corrected chi connectivity index (χ0v) is 11.2. The first-order valence-corrected chi connectivity index (χ1v) is 5.82. The second-order valence-electron chi connectivity index (χ2n) is 4.37. The second-order valence-corrected chi connectivity index (χ2v) is 4.37. The van der Waals surface area contributed by atoms with Crippen LogP contribution in [0, 0.1) is 0 Å². The summed E-state index contributed by atoms with van der Waals surface area (Å²) in [7, 11) is 1.79. The van der Waals surface area contributed by atoms with E-state index in [1.807, 2.05) is 0 Å². The van der Waals surface area contributed by atoms with Crippen molar-refractivity contribution >= 4 is 24.0 Å². The van der Waals surface area contributed by atoms with E-state index in [2.05, 4.69) is 10.4 Å². The van der Waals surface area contributed by atoms with Crippen LogP contribution in [0.1, 0.15) is 19.3 Å². The van der Waals surface area contributed by atoms with Crippen LogP contribution in [-0.2, 0) is 16.6 Å². The van der Waals surface area contributed by atoms with Crippen molar-refractivity contribution in [3.05, 3.63) is 12.4 Å². The number of ether oxygens (including phenoxy) is 1. The number of aromatic nitrogens is 2. The van der Waals surface area contributed by atoms with E-state index < -0.39 is 6.04 Å². The molecule has 0 radical (unpaired) electrons. The molecule has 6 nitrogen and oxygen atoms in total. The third kappa shape index (κ3) is 3.97. The first-order valence-electron chi connectivity index (χ1n) is 5.82. The SMILES string of the molecule is Cl.Cn1cc(NC(=O)[C@@H](N)CC2CCCO2)cn1. The van der Waals surface area contributed by atoms with Gasteiger partial charge in [-0.2, -0.15) is 5.10 Å². The molecule has 1 unspecified atom stereocenters. The van der Waals surface area contributed by atoms with Crippen molar-refractivity contribution in [2.24, 2.45) is 12.8 Å². The standard InChI is InChI=1S/C11H18N4O2.ClH/c1-15-7-8(6-13-15)14-11(16)10(12)5-9-3-2-4-17-9;/h6-7,9-10H,2-5,12H2,1H3,(H,14,16);1H/t9?,10-;/m0./s1. The van der Waals surface area contributed by atoms with E-state index in [0.29, 0.717) is 12.1 Å². The second kappa shape index (κ2) is 6.72. The number of carbonyl (C=O) groups is 1. The van der Waals surface area contributed by atoms with Gasteiger partial charge >= 0.3 is 0 Å². The van der Waals surface area contributed by atoms with Crippen molar-refractivity contribution in [2.45, 2.75) is 31.4 Å². The maximum Gasteiger partial charge on any atom is 0.241 e. The normalized spacial score (nSPS) is 20.2. The molecule has 1 aliphatic rings. The summed E-state index contributed by atoms with van der Waals surface area (Å²) in [5.74, 6) is -0.187. The van der Waals surface area contributed by atoms with E-state index >= 15 is 0 Å². The average molecular weight is 275 g/mol. The first kappa shape index (κ1) is 14.9. The minimum Gasteiger partial charge on any atom is -0.378 e. The number of hydrogen-bond acceptors (Lipinski definition) is 4. The van der Waals surface area contributed by atoms with Crippen LogP contribution in [0.5, 0.6) is 0 Å². The van der Waals surface area contributed by atoms with E-state index in [0.717, 1.165) is 19.4 Å². The molecular weight excluding hydrogens is 256 g/mol. The number of anilines is 1. The molecule has 0 aliphatic carbocycles. The van der Waals surface area contributed by atoms with Gasteiger partial charge in [-0.25, -0.2) is 0 Å². The lowest BCUT2D eigenvalue weighted by molar-refractivity contribution is -0.118. The number of amides is 1. The van der Waals surface area contributed by atoms with Gasteiger partial charge in [-0.05, 0) is 19.3 Å². The molecule has 0 bridgehead atoms. The lowest BCUT2D eigenvalue weighted by atomic mass is 10.1. The molecule has 3 N–H and O–H groups in total. The van der Waals surface area contributed by atoms with Crippen molar-refractivity contribution in [1.29, 1.82) is 0 Å². The predicted octanol–water partition coefficient (Wildman–Crippen LogP) is 0.677. The number of rotatable bonds is 4. The molecule has 1 fully saturated rings. The van der Waals surface area contributed by atoms with Gasteiger partial charge in [0.25, 0.3) is 0 Å². The van der Waals surface area contributed by atoms with Gasteiger partial charge < -0.3 is 15.8 Å². The van der Waals surface area contributed by atoms with Crippen LogP contribution >= 0.6 is 12.4 Å². The minimum absolute atomic E-state index is 0. The van der Waals surface area contributed by atoms with Gasteiger partial charge in [0.05, 0.1) is 24.0 Å². The average Bonchev–Trinajstić information content (AvgIpc) is 2.90. The first-order chi connectivity index (χ1) is 8.15. The van der Waals surface area contributed by atoms with Crippen molar-refractivity contribution in [2.75, 3.05) is 11.9 Å². The number of nitrogens with one attached hydrogen (secondary N) is 1. The van der Waals surface area contributed by atoms with Gasteiger partial charge in [0.1, 0.15) is 0 Å².